The zero-order chi connectivity index (χ0) is 12.3. The molecule has 2 N–H and O–H groups in total. The van der Waals surface area contributed by atoms with Crippen LogP contribution in [0.4, 0.5) is 10.1 Å². The standard InChI is InChI=1S/C13H19FN2O/c1-2-16(9-13(15)7-8-17-10-13)12-6-4-3-5-11(12)14/h3-6H,2,7-10,15H2,1H3. The van der Waals surface area contributed by atoms with Gasteiger partial charge in [0.2, 0.25) is 0 Å². The Morgan fingerprint density at radius 2 is 2.24 bits per heavy atom. The van der Waals surface area contributed by atoms with Gasteiger partial charge in [0.25, 0.3) is 0 Å². The molecule has 1 unspecified atom stereocenters. The Bertz CT molecular complexity index is 377. The van der Waals surface area contributed by atoms with Gasteiger partial charge in [-0.1, -0.05) is 12.1 Å². The van der Waals surface area contributed by atoms with E-state index in [2.05, 4.69) is 0 Å². The number of anilines is 1. The molecule has 1 aliphatic rings. The van der Waals surface area contributed by atoms with Crippen LogP contribution in [0.15, 0.2) is 24.3 Å². The second-order valence-electron chi connectivity index (χ2n) is 4.63. The quantitative estimate of drug-likeness (QED) is 0.868. The summed E-state index contributed by atoms with van der Waals surface area (Å²) in [6.45, 7) is 4.62. The molecule has 1 fully saturated rings. The molecular weight excluding hydrogens is 219 g/mol. The van der Waals surface area contributed by atoms with Crippen molar-refractivity contribution in [1.82, 2.24) is 0 Å². The molecule has 4 heteroatoms. The lowest BCUT2D eigenvalue weighted by Crippen LogP contribution is -2.51. The molecule has 0 spiro atoms. The van der Waals surface area contributed by atoms with E-state index in [9.17, 15) is 4.39 Å². The average Bonchev–Trinajstić information content (AvgIpc) is 2.74. The van der Waals surface area contributed by atoms with Crippen molar-refractivity contribution in [2.24, 2.45) is 5.73 Å². The molecule has 3 nitrogen and oxygen atoms in total. The highest BCUT2D eigenvalue weighted by molar-refractivity contribution is 5.48. The van der Waals surface area contributed by atoms with Gasteiger partial charge in [-0.15, -0.1) is 0 Å². The third-order valence-electron chi connectivity index (χ3n) is 3.21. The predicted octanol–water partition coefficient (Wildman–Crippen LogP) is 1.77. The molecule has 1 saturated heterocycles. The van der Waals surface area contributed by atoms with Crippen molar-refractivity contribution in [2.45, 2.75) is 18.9 Å². The van der Waals surface area contributed by atoms with Gasteiger partial charge in [0.1, 0.15) is 5.82 Å². The number of nitrogens with zero attached hydrogens (tertiary/aromatic N) is 1. The number of nitrogens with two attached hydrogens (primary N) is 1. The molecule has 1 aliphatic heterocycles. The van der Waals surface area contributed by atoms with Gasteiger partial charge in [-0.25, -0.2) is 4.39 Å². The van der Waals surface area contributed by atoms with Crippen LogP contribution in [0.2, 0.25) is 0 Å². The van der Waals surface area contributed by atoms with E-state index in [-0.39, 0.29) is 11.4 Å². The summed E-state index contributed by atoms with van der Waals surface area (Å²) in [5.41, 5.74) is 6.50. The van der Waals surface area contributed by atoms with Crippen molar-refractivity contribution < 1.29 is 9.13 Å². The van der Waals surface area contributed by atoms with Gasteiger partial charge < -0.3 is 15.4 Å². The smallest absolute Gasteiger partial charge is 0.146 e. The van der Waals surface area contributed by atoms with Crippen LogP contribution in [-0.4, -0.2) is 31.8 Å². The Morgan fingerprint density at radius 1 is 1.47 bits per heavy atom. The van der Waals surface area contributed by atoms with Crippen molar-refractivity contribution in [3.63, 3.8) is 0 Å². The van der Waals surface area contributed by atoms with E-state index >= 15 is 0 Å². The summed E-state index contributed by atoms with van der Waals surface area (Å²) in [5, 5.41) is 0. The van der Waals surface area contributed by atoms with Crippen LogP contribution in [0.25, 0.3) is 0 Å². The van der Waals surface area contributed by atoms with Crippen LogP contribution in [0, 0.1) is 5.82 Å². The topological polar surface area (TPSA) is 38.5 Å². The third-order valence-corrected chi connectivity index (χ3v) is 3.21. The van der Waals surface area contributed by atoms with E-state index in [1.54, 1.807) is 12.1 Å². The maximum absolute atomic E-state index is 13.7. The van der Waals surface area contributed by atoms with Gasteiger partial charge in [0, 0.05) is 19.7 Å². The number of hydrogen-bond donors (Lipinski definition) is 1. The fourth-order valence-electron chi connectivity index (χ4n) is 2.20. The van der Waals surface area contributed by atoms with Gasteiger partial charge in [0.05, 0.1) is 17.8 Å². The average molecular weight is 238 g/mol. The van der Waals surface area contributed by atoms with Crippen LogP contribution in [0.1, 0.15) is 13.3 Å². The maximum Gasteiger partial charge on any atom is 0.146 e. The number of benzene rings is 1. The van der Waals surface area contributed by atoms with E-state index < -0.39 is 0 Å². The number of para-hydroxylation sites is 1. The van der Waals surface area contributed by atoms with E-state index in [0.29, 0.717) is 25.4 Å². The van der Waals surface area contributed by atoms with E-state index in [0.717, 1.165) is 13.0 Å². The molecule has 0 aliphatic carbocycles. The van der Waals surface area contributed by atoms with Crippen molar-refractivity contribution in [1.29, 1.82) is 0 Å². The molecule has 0 saturated carbocycles. The zero-order valence-corrected chi connectivity index (χ0v) is 10.2. The number of hydrogen-bond acceptors (Lipinski definition) is 3. The highest BCUT2D eigenvalue weighted by atomic mass is 19.1. The fraction of sp³-hybridized carbons (Fsp3) is 0.538. The van der Waals surface area contributed by atoms with E-state index in [1.165, 1.54) is 6.07 Å². The minimum absolute atomic E-state index is 0.197. The molecule has 1 aromatic rings. The molecule has 1 aromatic carbocycles. The Balaban J connectivity index is 2.14. The van der Waals surface area contributed by atoms with E-state index in [4.69, 9.17) is 10.5 Å². The fourth-order valence-corrected chi connectivity index (χ4v) is 2.20. The minimum Gasteiger partial charge on any atom is -0.379 e. The molecule has 1 heterocycles. The van der Waals surface area contributed by atoms with Crippen LogP contribution < -0.4 is 10.6 Å². The summed E-state index contributed by atoms with van der Waals surface area (Å²) in [7, 11) is 0. The Hall–Kier alpha value is -1.13. The lowest BCUT2D eigenvalue weighted by Gasteiger charge is -2.32. The van der Waals surface area contributed by atoms with Gasteiger partial charge >= 0.3 is 0 Å². The number of ether oxygens (including phenoxy) is 1. The maximum atomic E-state index is 13.7. The number of likely N-dealkylation sites (N-methyl/N-ethyl adjacent to an activating group) is 1. The first-order chi connectivity index (χ1) is 8.14. The summed E-state index contributed by atoms with van der Waals surface area (Å²) >= 11 is 0. The third kappa shape index (κ3) is 2.76. The van der Waals surface area contributed by atoms with Gasteiger partial charge in [-0.05, 0) is 25.5 Å². The summed E-state index contributed by atoms with van der Waals surface area (Å²) in [6, 6.07) is 6.81. The lowest BCUT2D eigenvalue weighted by molar-refractivity contribution is 0.179. The zero-order valence-electron chi connectivity index (χ0n) is 10.2. The molecule has 0 bridgehead atoms. The molecule has 17 heavy (non-hydrogen) atoms. The lowest BCUT2D eigenvalue weighted by atomic mass is 9.99. The Morgan fingerprint density at radius 3 is 2.82 bits per heavy atom. The molecule has 94 valence electrons. The first kappa shape index (κ1) is 12.3. The molecule has 0 amide bonds. The second-order valence-corrected chi connectivity index (χ2v) is 4.63. The first-order valence-electron chi connectivity index (χ1n) is 6.01. The van der Waals surface area contributed by atoms with Gasteiger partial charge in [0.15, 0.2) is 0 Å². The van der Waals surface area contributed by atoms with Crippen molar-refractivity contribution in [2.75, 3.05) is 31.2 Å². The summed E-state index contributed by atoms with van der Waals surface area (Å²) in [5.74, 6) is -0.197. The van der Waals surface area contributed by atoms with Crippen molar-refractivity contribution in [3.8, 4) is 0 Å². The van der Waals surface area contributed by atoms with Crippen molar-refractivity contribution in [3.05, 3.63) is 30.1 Å². The van der Waals surface area contributed by atoms with Crippen LogP contribution in [0.5, 0.6) is 0 Å². The molecule has 0 radical (unpaired) electrons. The number of halogens is 1. The monoisotopic (exact) mass is 238 g/mol. The Labute approximate surface area is 101 Å². The highest BCUT2D eigenvalue weighted by Gasteiger charge is 2.32. The summed E-state index contributed by atoms with van der Waals surface area (Å²) in [6.07, 6.45) is 0.831. The molecular formula is C13H19FN2O. The normalized spacial score (nSPS) is 23.9. The number of rotatable bonds is 4. The van der Waals surface area contributed by atoms with E-state index in [1.807, 2.05) is 17.9 Å². The first-order valence-corrected chi connectivity index (χ1v) is 6.01. The largest absolute Gasteiger partial charge is 0.379 e. The predicted molar refractivity (Wildman–Crippen MR) is 66.6 cm³/mol. The summed E-state index contributed by atoms with van der Waals surface area (Å²) in [4.78, 5) is 1.98. The van der Waals surface area contributed by atoms with Crippen LogP contribution in [-0.2, 0) is 4.74 Å². The molecule has 0 aromatic heterocycles. The van der Waals surface area contributed by atoms with Crippen LogP contribution >= 0.6 is 0 Å². The molecule has 2 rings (SSSR count). The van der Waals surface area contributed by atoms with Crippen molar-refractivity contribution >= 4 is 5.69 Å². The minimum atomic E-state index is -0.349. The SMILES string of the molecule is CCN(CC1(N)CCOC1)c1ccccc1F. The molecule has 1 atom stereocenters. The van der Waals surface area contributed by atoms with Gasteiger partial charge in [-0.3, -0.25) is 0 Å². The Kier molecular flexibility index (Phi) is 3.64. The van der Waals surface area contributed by atoms with Gasteiger partial charge in [-0.2, -0.15) is 0 Å². The van der Waals surface area contributed by atoms with Crippen LogP contribution in [0.3, 0.4) is 0 Å². The summed E-state index contributed by atoms with van der Waals surface area (Å²) < 4.78 is 19.0. The second kappa shape index (κ2) is 5.02. The highest BCUT2D eigenvalue weighted by Crippen LogP contribution is 2.23.